The second-order valence-corrected chi connectivity index (χ2v) is 7.34. The molecule has 8 heteroatoms. The molecule has 0 spiro atoms. The molecule has 1 heterocycles. The quantitative estimate of drug-likeness (QED) is 0.901. The Labute approximate surface area is 135 Å². The van der Waals surface area contributed by atoms with Gasteiger partial charge in [-0.05, 0) is 32.4 Å². The lowest BCUT2D eigenvalue weighted by Crippen LogP contribution is -2.37. The van der Waals surface area contributed by atoms with Crippen molar-refractivity contribution in [1.82, 2.24) is 5.16 Å². The second-order valence-electron chi connectivity index (χ2n) is 5.43. The average Bonchev–Trinajstić information content (AvgIpc) is 2.84. The van der Waals surface area contributed by atoms with Gasteiger partial charge in [-0.15, -0.1) is 0 Å². The van der Waals surface area contributed by atoms with E-state index in [4.69, 9.17) is 4.52 Å². The third-order valence-corrected chi connectivity index (χ3v) is 4.33. The third kappa shape index (κ3) is 4.32. The summed E-state index contributed by atoms with van der Waals surface area (Å²) in [7, 11) is -3.66. The summed E-state index contributed by atoms with van der Waals surface area (Å²) in [4.78, 5) is 12.2. The van der Waals surface area contributed by atoms with Crippen LogP contribution in [0.3, 0.4) is 0 Å². The summed E-state index contributed by atoms with van der Waals surface area (Å²) in [5, 5.41) is 6.38. The number of benzene rings is 1. The Bertz CT molecular complexity index is 827. The van der Waals surface area contributed by atoms with Gasteiger partial charge in [-0.25, -0.2) is 12.7 Å². The van der Waals surface area contributed by atoms with Crippen LogP contribution in [0.4, 0.5) is 11.5 Å². The van der Waals surface area contributed by atoms with Gasteiger partial charge in [0.05, 0.1) is 6.26 Å². The molecule has 1 aromatic carbocycles. The van der Waals surface area contributed by atoms with Crippen LogP contribution in [0.2, 0.25) is 0 Å². The highest BCUT2D eigenvalue weighted by molar-refractivity contribution is 7.92. The second kappa shape index (κ2) is 6.41. The van der Waals surface area contributed by atoms with Crippen molar-refractivity contribution in [3.8, 4) is 0 Å². The van der Waals surface area contributed by atoms with Crippen LogP contribution >= 0.6 is 0 Å². The molecule has 2 aromatic rings. The molecule has 1 amide bonds. The van der Waals surface area contributed by atoms with Crippen LogP contribution in [-0.4, -0.2) is 32.3 Å². The molecule has 0 saturated carbocycles. The third-order valence-electron chi connectivity index (χ3n) is 3.21. The number of rotatable bonds is 5. The van der Waals surface area contributed by atoms with Crippen LogP contribution < -0.4 is 9.62 Å². The standard InChI is InChI=1S/C15H19N3O4S/c1-10-5-6-13(11(2)7-10)16-15(19)9-18(23(4,20)21)14-8-12(3)22-17-14/h5-8H,9H2,1-4H3,(H,16,19). The normalized spacial score (nSPS) is 11.3. The first-order valence-corrected chi connectivity index (χ1v) is 8.80. The summed E-state index contributed by atoms with van der Waals surface area (Å²) in [6.07, 6.45) is 1.02. The molecule has 0 radical (unpaired) electrons. The van der Waals surface area contributed by atoms with E-state index in [9.17, 15) is 13.2 Å². The Morgan fingerprint density at radius 1 is 1.26 bits per heavy atom. The maximum Gasteiger partial charge on any atom is 0.245 e. The maximum atomic E-state index is 12.2. The average molecular weight is 337 g/mol. The molecule has 0 aliphatic carbocycles. The molecule has 124 valence electrons. The Kier molecular flexibility index (Phi) is 4.74. The number of carbonyl (C=O) groups excluding carboxylic acids is 1. The molecule has 0 saturated heterocycles. The number of nitrogens with zero attached hydrogens (tertiary/aromatic N) is 2. The van der Waals surface area contributed by atoms with E-state index in [1.807, 2.05) is 26.0 Å². The number of nitrogens with one attached hydrogen (secondary N) is 1. The molecule has 7 nitrogen and oxygen atoms in total. The van der Waals surface area contributed by atoms with Crippen molar-refractivity contribution in [3.63, 3.8) is 0 Å². The number of amides is 1. The Morgan fingerprint density at radius 2 is 1.96 bits per heavy atom. The van der Waals surface area contributed by atoms with Gasteiger partial charge in [0.2, 0.25) is 15.9 Å². The van der Waals surface area contributed by atoms with Crippen molar-refractivity contribution in [3.05, 3.63) is 41.2 Å². The van der Waals surface area contributed by atoms with E-state index in [1.165, 1.54) is 6.07 Å². The van der Waals surface area contributed by atoms with Crippen LogP contribution in [0.25, 0.3) is 0 Å². The predicted octanol–water partition coefficient (Wildman–Crippen LogP) is 2.00. The molecule has 0 bridgehead atoms. The zero-order valence-electron chi connectivity index (χ0n) is 13.5. The summed E-state index contributed by atoms with van der Waals surface area (Å²) < 4.78 is 29.6. The van der Waals surface area contributed by atoms with Crippen LogP contribution in [0, 0.1) is 20.8 Å². The number of carbonyl (C=O) groups is 1. The van der Waals surface area contributed by atoms with Crippen LogP contribution in [0.5, 0.6) is 0 Å². The minimum Gasteiger partial charge on any atom is -0.360 e. The molecule has 2 rings (SSSR count). The van der Waals surface area contributed by atoms with Gasteiger partial charge in [0.15, 0.2) is 5.82 Å². The summed E-state index contributed by atoms with van der Waals surface area (Å²) in [5.74, 6) is 0.0900. The van der Waals surface area contributed by atoms with E-state index in [-0.39, 0.29) is 12.4 Å². The van der Waals surface area contributed by atoms with Crippen LogP contribution in [-0.2, 0) is 14.8 Å². The Hall–Kier alpha value is -2.35. The molecule has 0 atom stereocenters. The molecule has 0 aliphatic rings. The van der Waals surface area contributed by atoms with Crippen LogP contribution in [0.1, 0.15) is 16.9 Å². The minimum atomic E-state index is -3.66. The highest BCUT2D eigenvalue weighted by Crippen LogP contribution is 2.19. The number of aryl methyl sites for hydroxylation is 3. The zero-order chi connectivity index (χ0) is 17.2. The molecule has 1 aromatic heterocycles. The van der Waals surface area contributed by atoms with Gasteiger partial charge in [-0.1, -0.05) is 22.9 Å². The van der Waals surface area contributed by atoms with Crippen molar-refractivity contribution in [2.45, 2.75) is 20.8 Å². The van der Waals surface area contributed by atoms with E-state index in [0.29, 0.717) is 11.4 Å². The van der Waals surface area contributed by atoms with Crippen molar-refractivity contribution in [2.24, 2.45) is 0 Å². The number of hydrogen-bond acceptors (Lipinski definition) is 5. The van der Waals surface area contributed by atoms with E-state index < -0.39 is 15.9 Å². The van der Waals surface area contributed by atoms with Gasteiger partial charge >= 0.3 is 0 Å². The van der Waals surface area contributed by atoms with Gasteiger partial charge < -0.3 is 9.84 Å². The summed E-state index contributed by atoms with van der Waals surface area (Å²) in [6.45, 7) is 5.10. The Morgan fingerprint density at radius 3 is 2.48 bits per heavy atom. The largest absolute Gasteiger partial charge is 0.360 e. The zero-order valence-corrected chi connectivity index (χ0v) is 14.3. The first-order valence-electron chi connectivity index (χ1n) is 6.95. The topological polar surface area (TPSA) is 92.5 Å². The summed E-state index contributed by atoms with van der Waals surface area (Å²) in [6, 6.07) is 7.06. The van der Waals surface area contributed by atoms with Crippen molar-refractivity contribution in [2.75, 3.05) is 22.4 Å². The van der Waals surface area contributed by atoms with Gasteiger partial charge in [0.25, 0.3) is 0 Å². The molecule has 0 fully saturated rings. The first kappa shape index (κ1) is 17.0. The molecule has 0 aliphatic heterocycles. The van der Waals surface area contributed by atoms with E-state index >= 15 is 0 Å². The molecule has 1 N–H and O–H groups in total. The predicted molar refractivity (Wildman–Crippen MR) is 88.0 cm³/mol. The molecular formula is C15H19N3O4S. The SMILES string of the molecule is Cc1ccc(NC(=O)CN(c2cc(C)on2)S(C)(=O)=O)c(C)c1. The highest BCUT2D eigenvalue weighted by atomic mass is 32.2. The van der Waals surface area contributed by atoms with E-state index in [2.05, 4.69) is 10.5 Å². The van der Waals surface area contributed by atoms with E-state index in [1.54, 1.807) is 13.0 Å². The fourth-order valence-electron chi connectivity index (χ4n) is 2.11. The van der Waals surface area contributed by atoms with Gasteiger partial charge in [-0.3, -0.25) is 4.79 Å². The van der Waals surface area contributed by atoms with Gasteiger partial charge in [0, 0.05) is 11.8 Å². The van der Waals surface area contributed by atoms with Crippen molar-refractivity contribution in [1.29, 1.82) is 0 Å². The molecule has 23 heavy (non-hydrogen) atoms. The lowest BCUT2D eigenvalue weighted by Gasteiger charge is -2.19. The van der Waals surface area contributed by atoms with Crippen LogP contribution in [0.15, 0.2) is 28.8 Å². The fourth-order valence-corrected chi connectivity index (χ4v) is 2.89. The number of sulfonamides is 1. The first-order chi connectivity index (χ1) is 10.7. The number of anilines is 2. The van der Waals surface area contributed by atoms with Crippen molar-refractivity contribution >= 4 is 27.4 Å². The Balaban J connectivity index is 2.18. The smallest absolute Gasteiger partial charge is 0.245 e. The summed E-state index contributed by atoms with van der Waals surface area (Å²) in [5.41, 5.74) is 2.63. The summed E-state index contributed by atoms with van der Waals surface area (Å²) >= 11 is 0. The lowest BCUT2D eigenvalue weighted by atomic mass is 10.1. The minimum absolute atomic E-state index is 0.0841. The molecular weight excluding hydrogens is 318 g/mol. The lowest BCUT2D eigenvalue weighted by molar-refractivity contribution is -0.114. The monoisotopic (exact) mass is 337 g/mol. The number of hydrogen-bond donors (Lipinski definition) is 1. The molecule has 0 unspecified atom stereocenters. The van der Waals surface area contributed by atoms with Gasteiger partial charge in [0.1, 0.15) is 12.3 Å². The van der Waals surface area contributed by atoms with Crippen molar-refractivity contribution < 1.29 is 17.7 Å². The number of aromatic nitrogens is 1. The van der Waals surface area contributed by atoms with E-state index in [0.717, 1.165) is 21.7 Å². The highest BCUT2D eigenvalue weighted by Gasteiger charge is 2.24. The maximum absolute atomic E-state index is 12.2. The van der Waals surface area contributed by atoms with Gasteiger partial charge in [-0.2, -0.15) is 0 Å². The fraction of sp³-hybridized carbons (Fsp3) is 0.333.